The van der Waals surface area contributed by atoms with Gasteiger partial charge >= 0.3 is 0 Å². The number of benzene rings is 1. The summed E-state index contributed by atoms with van der Waals surface area (Å²) in [5, 5.41) is 0. The Bertz CT molecular complexity index is 755. The van der Waals surface area contributed by atoms with Gasteiger partial charge in [0.15, 0.2) is 0 Å². The third-order valence-corrected chi connectivity index (χ3v) is 4.37. The van der Waals surface area contributed by atoms with Gasteiger partial charge in [0.05, 0.1) is 12.8 Å². The highest BCUT2D eigenvalue weighted by Crippen LogP contribution is 2.51. The second-order valence-electron chi connectivity index (χ2n) is 5.81. The lowest BCUT2D eigenvalue weighted by Gasteiger charge is -2.15. The number of rotatable bonds is 3. The Balaban J connectivity index is 0.000000528. The van der Waals surface area contributed by atoms with Gasteiger partial charge in [-0.1, -0.05) is 52.0 Å². The standard InChI is InChI=1S/C18H18N2O.2C2H6/c1-12-6-7-16(17(10-12)21-2)20-9-8-19-18(20)14-5-3-4-13-11-15(13)14;2*1-2/h3-10,13,15H,11H2,1-2H3;2*1-2H3. The van der Waals surface area contributed by atoms with Crippen molar-refractivity contribution in [3.8, 4) is 11.4 Å². The molecule has 0 spiro atoms. The van der Waals surface area contributed by atoms with Crippen LogP contribution in [-0.2, 0) is 0 Å². The molecule has 0 aliphatic heterocycles. The number of aryl methyl sites for hydroxylation is 1. The molecule has 1 saturated carbocycles. The molecule has 1 heterocycles. The molecule has 0 amide bonds. The fraction of sp³-hybridized carbons (Fsp3) is 0.409. The lowest BCUT2D eigenvalue weighted by Crippen LogP contribution is -2.04. The summed E-state index contributed by atoms with van der Waals surface area (Å²) in [7, 11) is 1.72. The van der Waals surface area contributed by atoms with Crippen LogP contribution in [-0.4, -0.2) is 16.7 Å². The first-order valence-corrected chi connectivity index (χ1v) is 9.35. The van der Waals surface area contributed by atoms with Crippen LogP contribution in [0.5, 0.6) is 5.75 Å². The molecule has 2 aliphatic rings. The van der Waals surface area contributed by atoms with Crippen LogP contribution in [0.1, 0.15) is 45.5 Å². The fourth-order valence-electron chi connectivity index (χ4n) is 3.15. The number of methoxy groups -OCH3 is 1. The lowest BCUT2D eigenvalue weighted by atomic mass is 10.0. The first-order chi connectivity index (χ1) is 12.3. The Morgan fingerprint density at radius 1 is 1.16 bits per heavy atom. The van der Waals surface area contributed by atoms with Crippen molar-refractivity contribution in [2.45, 2.75) is 41.0 Å². The van der Waals surface area contributed by atoms with E-state index < -0.39 is 0 Å². The molecule has 0 N–H and O–H groups in total. The summed E-state index contributed by atoms with van der Waals surface area (Å²) in [5.74, 6) is 3.28. The minimum Gasteiger partial charge on any atom is -0.495 e. The number of ether oxygens (including phenoxy) is 1. The van der Waals surface area contributed by atoms with Crippen LogP contribution in [0.25, 0.3) is 11.3 Å². The third kappa shape index (κ3) is 3.87. The predicted molar refractivity (Wildman–Crippen MR) is 106 cm³/mol. The molecule has 3 heteroatoms. The predicted octanol–water partition coefficient (Wildman–Crippen LogP) is 5.83. The molecule has 2 aliphatic carbocycles. The van der Waals surface area contributed by atoms with Crippen molar-refractivity contribution in [2.24, 2.45) is 11.8 Å². The third-order valence-electron chi connectivity index (χ3n) is 4.37. The van der Waals surface area contributed by atoms with E-state index in [1.165, 1.54) is 17.6 Å². The van der Waals surface area contributed by atoms with Crippen molar-refractivity contribution in [3.63, 3.8) is 0 Å². The van der Waals surface area contributed by atoms with Crippen molar-refractivity contribution in [1.29, 1.82) is 0 Å². The number of fused-ring (bicyclic) bond motifs is 1. The fourth-order valence-corrected chi connectivity index (χ4v) is 3.15. The highest BCUT2D eigenvalue weighted by atomic mass is 16.5. The van der Waals surface area contributed by atoms with Gasteiger partial charge in [-0.25, -0.2) is 4.98 Å². The number of nitrogens with zero attached hydrogens (tertiary/aromatic N) is 2. The normalized spacial score (nSPS) is 19.5. The molecule has 0 radical (unpaired) electrons. The van der Waals surface area contributed by atoms with E-state index in [0.29, 0.717) is 5.92 Å². The Hall–Kier alpha value is -2.29. The number of hydrogen-bond acceptors (Lipinski definition) is 2. The second kappa shape index (κ2) is 8.70. The number of imidazole rings is 1. The van der Waals surface area contributed by atoms with Crippen LogP contribution in [0.2, 0.25) is 0 Å². The molecule has 1 aromatic carbocycles. The van der Waals surface area contributed by atoms with Gasteiger partial charge in [-0.3, -0.25) is 4.57 Å². The van der Waals surface area contributed by atoms with E-state index in [0.717, 1.165) is 23.2 Å². The average molecular weight is 338 g/mol. The zero-order chi connectivity index (χ0) is 18.4. The van der Waals surface area contributed by atoms with Crippen LogP contribution in [0.4, 0.5) is 0 Å². The van der Waals surface area contributed by atoms with Gasteiger partial charge in [-0.05, 0) is 48.4 Å². The summed E-state index contributed by atoms with van der Waals surface area (Å²) in [6.07, 6.45) is 11.8. The molecule has 2 unspecified atom stereocenters. The second-order valence-corrected chi connectivity index (χ2v) is 5.81. The Labute approximate surface area is 152 Å². The molecular weight excluding hydrogens is 308 g/mol. The lowest BCUT2D eigenvalue weighted by molar-refractivity contribution is 0.412. The highest BCUT2D eigenvalue weighted by molar-refractivity contribution is 5.71. The summed E-state index contributed by atoms with van der Waals surface area (Å²) >= 11 is 0. The molecule has 25 heavy (non-hydrogen) atoms. The Morgan fingerprint density at radius 3 is 2.64 bits per heavy atom. The summed E-state index contributed by atoms with van der Waals surface area (Å²) < 4.78 is 7.69. The van der Waals surface area contributed by atoms with Crippen molar-refractivity contribution in [2.75, 3.05) is 7.11 Å². The van der Waals surface area contributed by atoms with Gasteiger partial charge in [-0.15, -0.1) is 0 Å². The zero-order valence-corrected chi connectivity index (χ0v) is 16.3. The van der Waals surface area contributed by atoms with Crippen LogP contribution in [0, 0.1) is 18.8 Å². The van der Waals surface area contributed by atoms with E-state index in [2.05, 4.69) is 52.9 Å². The van der Waals surface area contributed by atoms with Crippen molar-refractivity contribution >= 4 is 5.57 Å². The Kier molecular flexibility index (Phi) is 6.63. The minimum atomic E-state index is 0.646. The molecule has 1 aromatic heterocycles. The van der Waals surface area contributed by atoms with Crippen LogP contribution in [0.3, 0.4) is 0 Å². The highest BCUT2D eigenvalue weighted by Gasteiger charge is 2.41. The smallest absolute Gasteiger partial charge is 0.143 e. The van der Waals surface area contributed by atoms with E-state index in [1.807, 2.05) is 40.1 Å². The van der Waals surface area contributed by atoms with E-state index >= 15 is 0 Å². The number of hydrogen-bond donors (Lipinski definition) is 0. The van der Waals surface area contributed by atoms with Gasteiger partial charge in [0, 0.05) is 12.4 Å². The van der Waals surface area contributed by atoms with Gasteiger partial charge in [0.1, 0.15) is 11.6 Å². The number of aromatic nitrogens is 2. The maximum Gasteiger partial charge on any atom is 0.143 e. The van der Waals surface area contributed by atoms with Crippen molar-refractivity contribution in [1.82, 2.24) is 9.55 Å². The first kappa shape index (κ1) is 19.0. The van der Waals surface area contributed by atoms with Crippen LogP contribution in [0.15, 0.2) is 48.8 Å². The van der Waals surface area contributed by atoms with Crippen molar-refractivity contribution < 1.29 is 4.74 Å². The number of allylic oxidation sites excluding steroid dienone is 4. The van der Waals surface area contributed by atoms with Gasteiger partial charge in [0.2, 0.25) is 0 Å². The maximum atomic E-state index is 5.55. The largest absolute Gasteiger partial charge is 0.495 e. The maximum absolute atomic E-state index is 5.55. The minimum absolute atomic E-state index is 0.646. The van der Waals surface area contributed by atoms with E-state index in [-0.39, 0.29) is 0 Å². The quantitative estimate of drug-likeness (QED) is 0.704. The zero-order valence-electron chi connectivity index (χ0n) is 16.3. The van der Waals surface area contributed by atoms with Gasteiger partial charge in [-0.2, -0.15) is 0 Å². The SMILES string of the molecule is CC.CC.COc1cc(C)ccc1-n1ccnc1C1=CC=CC2CC12. The molecule has 4 rings (SSSR count). The molecule has 2 atom stereocenters. The van der Waals surface area contributed by atoms with Crippen LogP contribution >= 0.6 is 0 Å². The van der Waals surface area contributed by atoms with Crippen molar-refractivity contribution in [3.05, 3.63) is 60.2 Å². The average Bonchev–Trinajstić information content (AvgIpc) is 3.32. The molecule has 0 saturated heterocycles. The first-order valence-electron chi connectivity index (χ1n) is 9.35. The van der Waals surface area contributed by atoms with E-state index in [1.54, 1.807) is 7.11 Å². The monoisotopic (exact) mass is 338 g/mol. The van der Waals surface area contributed by atoms with Crippen LogP contribution < -0.4 is 4.74 Å². The van der Waals surface area contributed by atoms with Gasteiger partial charge in [0.25, 0.3) is 0 Å². The Morgan fingerprint density at radius 2 is 1.92 bits per heavy atom. The molecule has 134 valence electrons. The summed E-state index contributed by atoms with van der Waals surface area (Å²) in [6, 6.07) is 6.27. The topological polar surface area (TPSA) is 27.1 Å². The van der Waals surface area contributed by atoms with Gasteiger partial charge < -0.3 is 4.74 Å². The van der Waals surface area contributed by atoms with E-state index in [4.69, 9.17) is 4.74 Å². The summed E-state index contributed by atoms with van der Waals surface area (Å²) in [6.45, 7) is 10.1. The van der Waals surface area contributed by atoms with E-state index in [9.17, 15) is 0 Å². The molecular formula is C22H30N2O. The molecule has 2 aromatic rings. The molecule has 1 fully saturated rings. The summed E-state index contributed by atoms with van der Waals surface area (Å²) in [5.41, 5.74) is 3.58. The summed E-state index contributed by atoms with van der Waals surface area (Å²) in [4.78, 5) is 4.60. The molecule has 0 bridgehead atoms. The molecule has 3 nitrogen and oxygen atoms in total.